The number of carbonyl (C=O) groups is 1. The summed E-state index contributed by atoms with van der Waals surface area (Å²) in [5.41, 5.74) is -0.859. The minimum atomic E-state index is -4.51. The number of hydrogen-bond acceptors (Lipinski definition) is 8. The molecule has 1 aromatic rings. The molecule has 1 fully saturated rings. The summed E-state index contributed by atoms with van der Waals surface area (Å²) >= 11 is 0. The lowest BCUT2D eigenvalue weighted by molar-refractivity contribution is -0.757. The third kappa shape index (κ3) is 11.1. The van der Waals surface area contributed by atoms with Crippen LogP contribution in [0.5, 0.6) is 5.75 Å². The van der Waals surface area contributed by atoms with Gasteiger partial charge in [-0.25, -0.2) is 0 Å². The number of ether oxygens (including phenoxy) is 1. The Balaban J connectivity index is 1.75. The molecule has 1 aliphatic carbocycles. The van der Waals surface area contributed by atoms with E-state index < -0.39 is 41.1 Å². The van der Waals surface area contributed by atoms with Crippen molar-refractivity contribution in [2.75, 3.05) is 19.8 Å². The first-order valence-corrected chi connectivity index (χ1v) is 12.2. The number of rotatable bonds is 15. The van der Waals surface area contributed by atoms with Gasteiger partial charge in [0.1, 0.15) is 25.1 Å². The van der Waals surface area contributed by atoms with Crippen molar-refractivity contribution in [3.8, 4) is 5.75 Å². The largest absolute Gasteiger partial charge is 0.491 e. The first kappa shape index (κ1) is 31.1. The van der Waals surface area contributed by atoms with Crippen LogP contribution in [-0.4, -0.2) is 64.4 Å². The molecule has 0 spiro atoms. The summed E-state index contributed by atoms with van der Waals surface area (Å²) in [5.74, 6) is -1.03. The van der Waals surface area contributed by atoms with Crippen LogP contribution >= 0.6 is 0 Å². The van der Waals surface area contributed by atoms with Crippen LogP contribution in [0.2, 0.25) is 0 Å². The first-order valence-electron chi connectivity index (χ1n) is 12.2. The summed E-state index contributed by atoms with van der Waals surface area (Å²) in [6, 6.07) is 4.33. The highest BCUT2D eigenvalue weighted by Gasteiger charge is 2.39. The van der Waals surface area contributed by atoms with Gasteiger partial charge in [-0.3, -0.25) is 4.79 Å². The first-order chi connectivity index (χ1) is 18.0. The Bertz CT molecular complexity index is 957. The maximum absolute atomic E-state index is 12.8. The Morgan fingerprint density at radius 2 is 2.03 bits per heavy atom. The van der Waals surface area contributed by atoms with Gasteiger partial charge in [-0.1, -0.05) is 30.4 Å². The maximum Gasteiger partial charge on any atom is 0.416 e. The van der Waals surface area contributed by atoms with Crippen molar-refractivity contribution in [1.82, 2.24) is 5.32 Å². The average Bonchev–Trinajstić information content (AvgIpc) is 3.12. The van der Waals surface area contributed by atoms with Crippen molar-refractivity contribution in [2.24, 2.45) is 11.8 Å². The van der Waals surface area contributed by atoms with Crippen LogP contribution in [-0.2, 0) is 15.8 Å². The zero-order chi connectivity index (χ0) is 28.1. The van der Waals surface area contributed by atoms with Crippen molar-refractivity contribution < 1.29 is 47.9 Å². The van der Waals surface area contributed by atoms with Crippen molar-refractivity contribution in [3.63, 3.8) is 0 Å². The topological polar surface area (TPSA) is 151 Å². The predicted molar refractivity (Wildman–Crippen MR) is 129 cm³/mol. The molecule has 1 aliphatic rings. The smallest absolute Gasteiger partial charge is 0.416 e. The average molecular weight is 547 g/mol. The number of aliphatic hydroxyl groups excluding tert-OH is 3. The molecule has 212 valence electrons. The van der Waals surface area contributed by atoms with Gasteiger partial charge >= 0.3 is 6.18 Å². The number of alkyl halides is 3. The number of amides is 1. The molecule has 0 aliphatic heterocycles. The molecule has 4 N–H and O–H groups in total. The Kier molecular flexibility index (Phi) is 12.5. The van der Waals surface area contributed by atoms with Gasteiger partial charge in [0.2, 0.25) is 5.91 Å². The van der Waals surface area contributed by atoms with Gasteiger partial charge in [-0.05, 0) is 43.4 Å². The number of halogens is 3. The van der Waals surface area contributed by atoms with Gasteiger partial charge in [0.05, 0.1) is 17.8 Å². The van der Waals surface area contributed by atoms with Gasteiger partial charge in [-0.2, -0.15) is 13.2 Å². The number of carbonyl (C=O) groups excluding carboxylic acids is 1. The van der Waals surface area contributed by atoms with E-state index in [9.17, 15) is 43.4 Å². The second kappa shape index (κ2) is 15.3. The van der Waals surface area contributed by atoms with Crippen LogP contribution in [0.3, 0.4) is 0 Å². The van der Waals surface area contributed by atoms with Crippen LogP contribution in [0.15, 0.2) is 48.6 Å². The van der Waals surface area contributed by atoms with Crippen LogP contribution in [0.4, 0.5) is 13.2 Å². The van der Waals surface area contributed by atoms with E-state index in [0.717, 1.165) is 12.1 Å². The van der Waals surface area contributed by atoms with Crippen LogP contribution in [0.1, 0.15) is 37.7 Å². The quantitative estimate of drug-likeness (QED) is 0.113. The lowest BCUT2D eigenvalue weighted by Gasteiger charge is -2.19. The highest BCUT2D eigenvalue weighted by Crippen LogP contribution is 2.36. The summed E-state index contributed by atoms with van der Waals surface area (Å²) in [4.78, 5) is 25.8. The highest BCUT2D eigenvalue weighted by atomic mass is 19.4. The number of nitrogens with one attached hydrogen (secondary N) is 1. The maximum atomic E-state index is 12.8. The van der Waals surface area contributed by atoms with Gasteiger partial charge in [-0.15, -0.1) is 10.1 Å². The summed E-state index contributed by atoms with van der Waals surface area (Å²) in [6.07, 6.45) is 1.48. The number of aliphatic hydroxyl groups is 3. The van der Waals surface area contributed by atoms with Crippen LogP contribution < -0.4 is 10.1 Å². The molecule has 13 heteroatoms. The SMILES string of the molecule is O=C(CCC/C=C\C[C@@H]1[C@@H](/C=C/[C@@H](O)COc2cccc(C(F)(F)F)c2)[C@H](O)C[C@@H]1O)NCCO[N+](=O)[O-]. The fourth-order valence-corrected chi connectivity index (χ4v) is 4.11. The molecular weight excluding hydrogens is 513 g/mol. The summed E-state index contributed by atoms with van der Waals surface area (Å²) in [5, 5.41) is 42.5. The molecule has 38 heavy (non-hydrogen) atoms. The molecule has 0 aromatic heterocycles. The Hall–Kier alpha value is -3.16. The molecule has 0 unspecified atom stereocenters. The third-order valence-electron chi connectivity index (χ3n) is 6.02. The Morgan fingerprint density at radius 1 is 1.26 bits per heavy atom. The molecule has 0 saturated heterocycles. The molecule has 10 nitrogen and oxygen atoms in total. The summed E-state index contributed by atoms with van der Waals surface area (Å²) in [7, 11) is 0. The van der Waals surface area contributed by atoms with E-state index in [0.29, 0.717) is 19.3 Å². The monoisotopic (exact) mass is 546 g/mol. The van der Waals surface area contributed by atoms with Crippen molar-refractivity contribution in [1.29, 1.82) is 0 Å². The van der Waals surface area contributed by atoms with Crippen molar-refractivity contribution in [2.45, 2.75) is 56.6 Å². The molecule has 1 amide bonds. The number of hydrogen-bond donors (Lipinski definition) is 4. The molecule has 0 radical (unpaired) electrons. The molecule has 2 rings (SSSR count). The molecular formula is C25H33F3N2O8. The Labute approximate surface area is 217 Å². The van der Waals surface area contributed by atoms with E-state index >= 15 is 0 Å². The predicted octanol–water partition coefficient (Wildman–Crippen LogP) is 2.80. The third-order valence-corrected chi connectivity index (χ3v) is 6.02. The van der Waals surface area contributed by atoms with E-state index in [4.69, 9.17) is 4.74 Å². The second-order valence-electron chi connectivity index (χ2n) is 8.91. The van der Waals surface area contributed by atoms with Crippen molar-refractivity contribution in [3.05, 3.63) is 64.2 Å². The van der Waals surface area contributed by atoms with Gasteiger partial charge < -0.3 is 30.2 Å². The van der Waals surface area contributed by atoms with E-state index in [1.165, 1.54) is 18.2 Å². The van der Waals surface area contributed by atoms with Gasteiger partial charge in [0, 0.05) is 25.3 Å². The lowest BCUT2D eigenvalue weighted by Crippen LogP contribution is -2.27. The fraction of sp³-hybridized carbons (Fsp3) is 0.560. The van der Waals surface area contributed by atoms with E-state index in [2.05, 4.69) is 10.2 Å². The number of nitrogens with zero attached hydrogens (tertiary/aromatic N) is 1. The minimum absolute atomic E-state index is 0.0343. The van der Waals surface area contributed by atoms with Crippen LogP contribution in [0, 0.1) is 22.0 Å². The number of unbranched alkanes of at least 4 members (excludes halogenated alkanes) is 1. The summed E-state index contributed by atoms with van der Waals surface area (Å²) < 4.78 is 43.7. The molecule has 5 atom stereocenters. The second-order valence-corrected chi connectivity index (χ2v) is 8.91. The van der Waals surface area contributed by atoms with Crippen molar-refractivity contribution >= 4 is 5.91 Å². The van der Waals surface area contributed by atoms with Gasteiger partial charge in [0.15, 0.2) is 0 Å². The number of benzene rings is 1. The summed E-state index contributed by atoms with van der Waals surface area (Å²) in [6.45, 7) is -0.466. The molecule has 0 bridgehead atoms. The van der Waals surface area contributed by atoms with Crippen LogP contribution in [0.25, 0.3) is 0 Å². The van der Waals surface area contributed by atoms with E-state index in [-0.39, 0.29) is 50.2 Å². The normalized spacial score (nSPS) is 22.6. The highest BCUT2D eigenvalue weighted by molar-refractivity contribution is 5.75. The Morgan fingerprint density at radius 3 is 2.74 bits per heavy atom. The lowest BCUT2D eigenvalue weighted by atomic mass is 9.89. The molecule has 1 aromatic carbocycles. The fourth-order valence-electron chi connectivity index (χ4n) is 4.11. The minimum Gasteiger partial charge on any atom is -0.491 e. The number of allylic oxidation sites excluding steroid dienone is 2. The van der Waals surface area contributed by atoms with E-state index in [1.807, 2.05) is 12.2 Å². The zero-order valence-electron chi connectivity index (χ0n) is 20.6. The zero-order valence-corrected chi connectivity index (χ0v) is 20.6. The molecule has 1 saturated carbocycles. The molecule has 0 heterocycles. The standard InChI is InChI=1S/C25H33F3N2O8/c26-25(27,28)17-6-5-7-19(14-17)37-16-18(31)10-11-21-20(22(32)15-23(21)33)8-3-1-2-4-9-24(34)29-12-13-38-30(35)36/h1,3,5-7,10-11,14,18,20-23,31-33H,2,4,8-9,12-13,15-16H2,(H,29,34)/b3-1-,11-10+/t18-,20-,21-,22+,23-/m1/s1. The van der Waals surface area contributed by atoms with Gasteiger partial charge in [0.25, 0.3) is 5.09 Å². The van der Waals surface area contributed by atoms with E-state index in [1.54, 1.807) is 6.08 Å².